The van der Waals surface area contributed by atoms with Crippen LogP contribution in [0.15, 0.2) is 87.9 Å². The molecule has 1 aliphatic rings. The third-order valence-electron chi connectivity index (χ3n) is 8.12. The van der Waals surface area contributed by atoms with Crippen molar-refractivity contribution in [3.05, 3.63) is 125 Å². The van der Waals surface area contributed by atoms with Gasteiger partial charge < -0.3 is 23.5 Å². The van der Waals surface area contributed by atoms with Crippen LogP contribution >= 0.6 is 34.5 Å². The van der Waals surface area contributed by atoms with Gasteiger partial charge in [-0.1, -0.05) is 64.9 Å². The summed E-state index contributed by atoms with van der Waals surface area (Å²) in [6, 6.07) is 17.7. The van der Waals surface area contributed by atoms with Crippen molar-refractivity contribution in [1.82, 2.24) is 9.13 Å². The molecule has 0 spiro atoms. The van der Waals surface area contributed by atoms with Gasteiger partial charge in [0.05, 0.1) is 52.2 Å². The molecule has 0 radical (unpaired) electrons. The Hall–Kier alpha value is -4.84. The van der Waals surface area contributed by atoms with Crippen LogP contribution in [0.3, 0.4) is 0 Å². The van der Waals surface area contributed by atoms with Crippen LogP contribution in [-0.4, -0.2) is 48.0 Å². The van der Waals surface area contributed by atoms with Crippen molar-refractivity contribution in [3.8, 4) is 11.5 Å². The number of methoxy groups -OCH3 is 1. The first-order chi connectivity index (χ1) is 24.1. The van der Waals surface area contributed by atoms with Gasteiger partial charge in [-0.15, -0.1) is 0 Å². The van der Waals surface area contributed by atoms with E-state index in [1.54, 1.807) is 38.1 Å². The quantitative estimate of drug-likeness (QED) is 0.152. The molecule has 1 atom stereocenters. The van der Waals surface area contributed by atoms with Crippen molar-refractivity contribution in [1.29, 1.82) is 0 Å². The molecule has 1 aliphatic heterocycles. The monoisotopic (exact) mass is 733 g/mol. The Kier molecular flexibility index (Phi) is 10.5. The minimum Gasteiger partial charge on any atom is -0.490 e. The highest BCUT2D eigenvalue weighted by Gasteiger charge is 2.34. The third kappa shape index (κ3) is 6.94. The SMILES string of the molecule is CCOC(=O)C1=C(C)N=c2s/c(=C/c3cn(Cc4ccc(Cl)c(Cl)c4)c4ccccc34)c(=O)n2[C@@H]1c1ccc(OCC(=O)OC)c(OCC)c1. The molecule has 0 unspecified atom stereocenters. The normalized spacial score (nSPS) is 14.4. The number of halogens is 2. The molecule has 0 fully saturated rings. The zero-order valence-electron chi connectivity index (χ0n) is 27.7. The van der Waals surface area contributed by atoms with Crippen molar-refractivity contribution in [3.63, 3.8) is 0 Å². The summed E-state index contributed by atoms with van der Waals surface area (Å²) in [5, 5.41) is 1.92. The minimum atomic E-state index is -0.877. The standard InChI is InChI=1S/C37H33Cl2N3O7S/c1-5-47-30-16-23(12-14-29(30)49-20-32(43)46-4)34-33(36(45)48-6-2)21(3)40-37-42(34)35(44)31(50-37)17-24-19-41(28-10-8-7-9-25(24)28)18-22-11-13-26(38)27(39)15-22/h7-17,19,34H,5-6,18,20H2,1-4H3/b31-17+/t34-/m1/s1. The summed E-state index contributed by atoms with van der Waals surface area (Å²) in [4.78, 5) is 44.7. The lowest BCUT2D eigenvalue weighted by molar-refractivity contribution is -0.143. The summed E-state index contributed by atoms with van der Waals surface area (Å²) in [6.07, 6.45) is 3.85. The van der Waals surface area contributed by atoms with Gasteiger partial charge in [0.15, 0.2) is 22.9 Å². The molecule has 6 rings (SSSR count). The number of carbonyl (C=O) groups excluding carboxylic acids is 2. The van der Waals surface area contributed by atoms with Crippen LogP contribution < -0.4 is 24.4 Å². The highest BCUT2D eigenvalue weighted by Crippen LogP contribution is 2.36. The fourth-order valence-corrected chi connectivity index (χ4v) is 7.24. The maximum atomic E-state index is 14.4. The first kappa shape index (κ1) is 35.0. The Bertz CT molecular complexity index is 2340. The molecule has 0 amide bonds. The first-order valence-electron chi connectivity index (χ1n) is 15.8. The number of aromatic nitrogens is 2. The van der Waals surface area contributed by atoms with Crippen LogP contribution in [0.5, 0.6) is 11.5 Å². The fourth-order valence-electron chi connectivity index (χ4n) is 5.88. The van der Waals surface area contributed by atoms with Crippen LogP contribution in [0.25, 0.3) is 17.0 Å². The Balaban J connectivity index is 1.48. The summed E-state index contributed by atoms with van der Waals surface area (Å²) in [7, 11) is 1.27. The molecule has 0 bridgehead atoms. The predicted octanol–water partition coefficient (Wildman–Crippen LogP) is 6.06. The van der Waals surface area contributed by atoms with E-state index < -0.39 is 18.0 Å². The van der Waals surface area contributed by atoms with Crippen molar-refractivity contribution in [2.45, 2.75) is 33.4 Å². The van der Waals surface area contributed by atoms with Crippen LogP contribution in [0.1, 0.15) is 43.5 Å². The Labute approximate surface area is 301 Å². The van der Waals surface area contributed by atoms with E-state index in [0.29, 0.717) is 55.3 Å². The van der Waals surface area contributed by atoms with Crippen molar-refractivity contribution in [2.75, 3.05) is 26.9 Å². The average Bonchev–Trinajstić information content (AvgIpc) is 3.60. The lowest BCUT2D eigenvalue weighted by Gasteiger charge is -2.25. The topological polar surface area (TPSA) is 110 Å². The average molecular weight is 735 g/mol. The van der Waals surface area contributed by atoms with E-state index in [0.717, 1.165) is 22.0 Å². The van der Waals surface area contributed by atoms with E-state index in [4.69, 9.17) is 47.1 Å². The van der Waals surface area contributed by atoms with Gasteiger partial charge in [-0.05, 0) is 68.3 Å². The molecule has 0 saturated carbocycles. The zero-order valence-corrected chi connectivity index (χ0v) is 30.0. The minimum absolute atomic E-state index is 0.142. The number of carbonyl (C=O) groups is 2. The van der Waals surface area contributed by atoms with Crippen LogP contribution in [-0.2, 0) is 25.6 Å². The fraction of sp³-hybridized carbons (Fsp3) is 0.243. The van der Waals surface area contributed by atoms with E-state index in [-0.39, 0.29) is 24.3 Å². The van der Waals surface area contributed by atoms with Crippen LogP contribution in [0.4, 0.5) is 0 Å². The van der Waals surface area contributed by atoms with Gasteiger partial charge in [-0.25, -0.2) is 14.6 Å². The van der Waals surface area contributed by atoms with Gasteiger partial charge >= 0.3 is 11.9 Å². The molecule has 5 aromatic rings. The van der Waals surface area contributed by atoms with Crippen LogP contribution in [0, 0.1) is 0 Å². The largest absolute Gasteiger partial charge is 0.490 e. The van der Waals surface area contributed by atoms with E-state index in [9.17, 15) is 14.4 Å². The molecule has 3 aromatic carbocycles. The Morgan fingerprint density at radius 2 is 1.78 bits per heavy atom. The Morgan fingerprint density at radius 3 is 2.52 bits per heavy atom. The number of hydrogen-bond acceptors (Lipinski definition) is 9. The van der Waals surface area contributed by atoms with Gasteiger partial charge in [-0.2, -0.15) is 0 Å². The summed E-state index contributed by atoms with van der Waals surface area (Å²) >= 11 is 13.7. The third-order valence-corrected chi connectivity index (χ3v) is 9.84. The summed E-state index contributed by atoms with van der Waals surface area (Å²) in [5.74, 6) is -0.487. The highest BCUT2D eigenvalue weighted by molar-refractivity contribution is 7.07. The lowest BCUT2D eigenvalue weighted by atomic mass is 9.95. The number of esters is 2. The van der Waals surface area contributed by atoms with Crippen molar-refractivity contribution < 1.29 is 28.5 Å². The second-order valence-corrected chi connectivity index (χ2v) is 13.1. The molecule has 0 saturated heterocycles. The molecule has 13 heteroatoms. The number of hydrogen-bond donors (Lipinski definition) is 0. The van der Waals surface area contributed by atoms with E-state index in [1.807, 2.05) is 55.6 Å². The van der Waals surface area contributed by atoms with Crippen LogP contribution in [0.2, 0.25) is 10.0 Å². The molecule has 50 heavy (non-hydrogen) atoms. The summed E-state index contributed by atoms with van der Waals surface area (Å²) < 4.78 is 25.7. The maximum Gasteiger partial charge on any atom is 0.343 e. The smallest absolute Gasteiger partial charge is 0.343 e. The molecular formula is C37H33Cl2N3O7S. The van der Waals surface area contributed by atoms with Crippen molar-refractivity contribution >= 4 is 63.5 Å². The number of allylic oxidation sites excluding steroid dienone is 1. The molecule has 2 aromatic heterocycles. The number of para-hydroxylation sites is 1. The number of benzene rings is 3. The number of nitrogens with zero attached hydrogens (tertiary/aromatic N) is 3. The number of fused-ring (bicyclic) bond motifs is 2. The highest BCUT2D eigenvalue weighted by atomic mass is 35.5. The van der Waals surface area contributed by atoms with Crippen molar-refractivity contribution in [2.24, 2.45) is 4.99 Å². The van der Waals surface area contributed by atoms with Gasteiger partial charge in [0.1, 0.15) is 0 Å². The Morgan fingerprint density at radius 1 is 0.980 bits per heavy atom. The zero-order chi connectivity index (χ0) is 35.5. The number of ether oxygens (including phenoxy) is 4. The second-order valence-electron chi connectivity index (χ2n) is 11.3. The molecule has 10 nitrogen and oxygen atoms in total. The van der Waals surface area contributed by atoms with E-state index >= 15 is 0 Å². The van der Waals surface area contributed by atoms with Gasteiger partial charge in [0.25, 0.3) is 5.56 Å². The van der Waals surface area contributed by atoms with Gasteiger partial charge in [0, 0.05) is 29.2 Å². The lowest BCUT2D eigenvalue weighted by Crippen LogP contribution is -2.40. The second kappa shape index (κ2) is 15.0. The van der Waals surface area contributed by atoms with E-state index in [1.165, 1.54) is 23.0 Å². The number of thiazole rings is 1. The molecule has 3 heterocycles. The molecule has 0 aliphatic carbocycles. The summed E-state index contributed by atoms with van der Waals surface area (Å²) in [6.45, 7) is 5.93. The number of rotatable bonds is 11. The molecular weight excluding hydrogens is 701 g/mol. The maximum absolute atomic E-state index is 14.4. The molecule has 258 valence electrons. The molecule has 0 N–H and O–H groups in total. The van der Waals surface area contributed by atoms with E-state index in [2.05, 4.69) is 4.57 Å². The summed E-state index contributed by atoms with van der Waals surface area (Å²) in [5.41, 5.74) is 3.71. The van der Waals surface area contributed by atoms with Gasteiger partial charge in [0.2, 0.25) is 0 Å². The predicted molar refractivity (Wildman–Crippen MR) is 193 cm³/mol. The van der Waals surface area contributed by atoms with Gasteiger partial charge in [-0.3, -0.25) is 9.36 Å². The first-order valence-corrected chi connectivity index (χ1v) is 17.4.